The number of aromatic nitrogens is 1. The Labute approximate surface area is 283 Å². The van der Waals surface area contributed by atoms with E-state index in [9.17, 15) is 23.6 Å². The van der Waals surface area contributed by atoms with E-state index in [2.05, 4.69) is 32.4 Å². The maximum atomic E-state index is 14.4. The van der Waals surface area contributed by atoms with E-state index in [0.717, 1.165) is 43.7 Å². The van der Waals surface area contributed by atoms with Gasteiger partial charge in [-0.3, -0.25) is 29.5 Å². The molecule has 0 aliphatic carbocycles. The van der Waals surface area contributed by atoms with Crippen LogP contribution in [0.1, 0.15) is 54.1 Å². The second kappa shape index (κ2) is 14.5. The third-order valence-electron chi connectivity index (χ3n) is 9.46. The summed E-state index contributed by atoms with van der Waals surface area (Å²) in [4.78, 5) is 56.5. The highest BCUT2D eigenvalue weighted by molar-refractivity contribution is 6.05. The van der Waals surface area contributed by atoms with Gasteiger partial charge in [0.15, 0.2) is 6.17 Å². The Morgan fingerprint density at radius 3 is 2.63 bits per heavy atom. The number of carbonyl (C=O) groups excluding carboxylic acids is 4. The highest BCUT2D eigenvalue weighted by Crippen LogP contribution is 2.34. The monoisotopic (exact) mass is 670 g/mol. The number of nitrogens with two attached hydrogens (primary N) is 1. The van der Waals surface area contributed by atoms with Gasteiger partial charge in [-0.2, -0.15) is 0 Å². The zero-order valence-corrected chi connectivity index (χ0v) is 27.5. The van der Waals surface area contributed by atoms with Crippen LogP contribution in [0.3, 0.4) is 0 Å². The number of likely N-dealkylation sites (tertiary alicyclic amines) is 1. The first-order chi connectivity index (χ1) is 23.6. The summed E-state index contributed by atoms with van der Waals surface area (Å²) >= 11 is 0. The van der Waals surface area contributed by atoms with Gasteiger partial charge in [-0.15, -0.1) is 0 Å². The van der Waals surface area contributed by atoms with Gasteiger partial charge in [0.25, 0.3) is 11.8 Å². The molecule has 12 nitrogen and oxygen atoms in total. The summed E-state index contributed by atoms with van der Waals surface area (Å²) in [5.74, 6) is 5.26. The van der Waals surface area contributed by atoms with Crippen LogP contribution in [0.2, 0.25) is 0 Å². The molecule has 0 spiro atoms. The number of methoxy groups -OCH3 is 1. The lowest BCUT2D eigenvalue weighted by Gasteiger charge is -2.30. The number of imide groups is 1. The number of nitrogens with one attached hydrogen (secondary N) is 2. The molecule has 3 saturated heterocycles. The fourth-order valence-corrected chi connectivity index (χ4v) is 6.72. The quantitative estimate of drug-likeness (QED) is 0.293. The van der Waals surface area contributed by atoms with Gasteiger partial charge < -0.3 is 20.5 Å². The summed E-state index contributed by atoms with van der Waals surface area (Å²) in [6, 6.07) is 10.2. The van der Waals surface area contributed by atoms with Crippen LogP contribution in [-0.4, -0.2) is 79.2 Å². The van der Waals surface area contributed by atoms with E-state index in [1.165, 1.54) is 7.11 Å². The molecular weight excluding hydrogens is 631 g/mol. The number of urea groups is 1. The Morgan fingerprint density at radius 1 is 1.12 bits per heavy atom. The van der Waals surface area contributed by atoms with Gasteiger partial charge >= 0.3 is 6.03 Å². The summed E-state index contributed by atoms with van der Waals surface area (Å²) < 4.78 is 25.8. The van der Waals surface area contributed by atoms with Crippen LogP contribution in [-0.2, 0) is 16.1 Å². The Balaban J connectivity index is 1.15. The van der Waals surface area contributed by atoms with Crippen LogP contribution in [0.4, 0.5) is 14.9 Å². The standard InChI is InChI=1S/C36H39FN6O6/c1-3-25-29(40-34(46)32(25)37)20-49-35-27-17-30(48-2)28(33(38)45)16-26(27)23(18-39-35)8-7-21-9-12-42(13-10-21)19-22-5-4-6-24(15-22)43-14-11-31(44)41-36(43)47/h4-6,15-18,21,25,29,32H,3,9-14,19-20H2,1-2H3,(H2,38,45)(H,40,46)(H,41,44,47)/t25-,29+,32-/m0/s1. The maximum Gasteiger partial charge on any atom is 0.328 e. The number of piperidine rings is 1. The van der Waals surface area contributed by atoms with Crippen molar-refractivity contribution in [1.82, 2.24) is 20.5 Å². The van der Waals surface area contributed by atoms with E-state index in [1.54, 1.807) is 23.2 Å². The van der Waals surface area contributed by atoms with Crippen molar-refractivity contribution >= 4 is 40.2 Å². The van der Waals surface area contributed by atoms with Crippen molar-refractivity contribution in [2.24, 2.45) is 17.6 Å². The number of hydrogen-bond donors (Lipinski definition) is 3. The Hall–Kier alpha value is -5.22. The number of primary amides is 1. The Bertz CT molecular complexity index is 1850. The van der Waals surface area contributed by atoms with Gasteiger partial charge in [-0.25, -0.2) is 14.2 Å². The first kappa shape index (κ1) is 33.7. The highest BCUT2D eigenvalue weighted by atomic mass is 19.1. The van der Waals surface area contributed by atoms with Crippen molar-refractivity contribution in [2.45, 2.75) is 51.4 Å². The molecule has 2 aromatic carbocycles. The number of carbonyl (C=O) groups is 4. The number of anilines is 1. The van der Waals surface area contributed by atoms with E-state index < -0.39 is 36.0 Å². The average Bonchev–Trinajstić information content (AvgIpc) is 3.37. The summed E-state index contributed by atoms with van der Waals surface area (Å²) in [6.07, 6.45) is 2.47. The Morgan fingerprint density at radius 2 is 1.92 bits per heavy atom. The fraction of sp³-hybridized carbons (Fsp3) is 0.417. The van der Waals surface area contributed by atoms with Crippen LogP contribution < -0.4 is 30.7 Å². The van der Waals surface area contributed by atoms with Crippen molar-refractivity contribution in [1.29, 1.82) is 0 Å². The minimum Gasteiger partial charge on any atom is -0.496 e. The molecule has 256 valence electrons. The second-order valence-electron chi connectivity index (χ2n) is 12.6. The van der Waals surface area contributed by atoms with Gasteiger partial charge in [-0.1, -0.05) is 30.9 Å². The minimum atomic E-state index is -1.58. The summed E-state index contributed by atoms with van der Waals surface area (Å²) in [7, 11) is 1.44. The number of benzene rings is 2. The summed E-state index contributed by atoms with van der Waals surface area (Å²) in [5, 5.41) is 6.20. The lowest BCUT2D eigenvalue weighted by molar-refractivity contribution is -0.124. The molecule has 4 heterocycles. The van der Waals surface area contributed by atoms with E-state index in [1.807, 2.05) is 31.2 Å². The molecule has 0 bridgehead atoms. The second-order valence-corrected chi connectivity index (χ2v) is 12.6. The number of ether oxygens (including phenoxy) is 2. The molecule has 6 rings (SSSR count). The molecule has 3 atom stereocenters. The molecule has 4 N–H and O–H groups in total. The number of rotatable bonds is 9. The molecular formula is C36H39FN6O6. The lowest BCUT2D eigenvalue weighted by atomic mass is 9.96. The van der Waals surface area contributed by atoms with Crippen LogP contribution >= 0.6 is 0 Å². The number of amides is 5. The lowest BCUT2D eigenvalue weighted by Crippen LogP contribution is -2.49. The van der Waals surface area contributed by atoms with Crippen molar-refractivity contribution in [3.8, 4) is 23.5 Å². The third kappa shape index (κ3) is 7.29. The molecule has 49 heavy (non-hydrogen) atoms. The van der Waals surface area contributed by atoms with Crippen molar-refractivity contribution in [2.75, 3.05) is 38.3 Å². The number of pyridine rings is 1. The zero-order chi connectivity index (χ0) is 34.7. The van der Waals surface area contributed by atoms with E-state index >= 15 is 0 Å². The van der Waals surface area contributed by atoms with E-state index in [0.29, 0.717) is 29.3 Å². The number of nitrogens with zero attached hydrogens (tertiary/aromatic N) is 3. The molecule has 13 heteroatoms. The zero-order valence-electron chi connectivity index (χ0n) is 27.5. The van der Waals surface area contributed by atoms with Gasteiger partial charge in [0.1, 0.15) is 12.4 Å². The maximum absolute atomic E-state index is 14.4. The average molecular weight is 671 g/mol. The van der Waals surface area contributed by atoms with E-state index in [4.69, 9.17) is 15.2 Å². The first-order valence-corrected chi connectivity index (χ1v) is 16.5. The molecule has 0 unspecified atom stereocenters. The SMILES string of the molecule is CC[C@@H]1[C@H](F)C(=O)N[C@@H]1COc1ncc(C#CC2CCN(Cc3cccc(N4CCC(=O)NC4=O)c3)CC2)c2cc(C(N)=O)c(OC)cc12. The highest BCUT2D eigenvalue weighted by Gasteiger charge is 2.42. The van der Waals surface area contributed by atoms with Crippen LogP contribution in [0.5, 0.6) is 11.6 Å². The number of fused-ring (bicyclic) bond motifs is 1. The van der Waals surface area contributed by atoms with Crippen LogP contribution in [0, 0.1) is 23.7 Å². The van der Waals surface area contributed by atoms with Crippen molar-refractivity contribution < 1.29 is 33.0 Å². The van der Waals surface area contributed by atoms with Gasteiger partial charge in [0.2, 0.25) is 11.8 Å². The molecule has 5 amide bonds. The molecule has 0 radical (unpaired) electrons. The summed E-state index contributed by atoms with van der Waals surface area (Å²) in [6.45, 7) is 4.62. The fourth-order valence-electron chi connectivity index (χ4n) is 6.72. The van der Waals surface area contributed by atoms with Crippen molar-refractivity contribution in [3.63, 3.8) is 0 Å². The first-order valence-electron chi connectivity index (χ1n) is 16.5. The Kier molecular flexibility index (Phi) is 9.96. The molecule has 1 aromatic heterocycles. The van der Waals surface area contributed by atoms with E-state index in [-0.39, 0.29) is 42.0 Å². The minimum absolute atomic E-state index is 0.0230. The summed E-state index contributed by atoms with van der Waals surface area (Å²) in [5.41, 5.74) is 8.30. The van der Waals surface area contributed by atoms with Crippen LogP contribution in [0.15, 0.2) is 42.6 Å². The van der Waals surface area contributed by atoms with Crippen molar-refractivity contribution in [3.05, 3.63) is 59.3 Å². The van der Waals surface area contributed by atoms with Gasteiger partial charge in [0.05, 0.1) is 24.3 Å². The van der Waals surface area contributed by atoms with Gasteiger partial charge in [-0.05, 0) is 62.2 Å². The molecule has 3 fully saturated rings. The topological polar surface area (TPSA) is 156 Å². The number of halogens is 1. The normalized spacial score (nSPS) is 21.6. The van der Waals surface area contributed by atoms with Gasteiger partial charge in [0, 0.05) is 54.0 Å². The van der Waals surface area contributed by atoms with Crippen LogP contribution in [0.25, 0.3) is 10.8 Å². The predicted molar refractivity (Wildman–Crippen MR) is 180 cm³/mol. The number of hydrogen-bond acceptors (Lipinski definition) is 8. The predicted octanol–water partition coefficient (Wildman–Crippen LogP) is 3.29. The molecule has 3 aliphatic heterocycles. The smallest absolute Gasteiger partial charge is 0.328 e. The molecule has 3 aliphatic rings. The third-order valence-corrected chi connectivity index (χ3v) is 9.46. The molecule has 0 saturated carbocycles. The largest absolute Gasteiger partial charge is 0.496 e. The molecule has 3 aromatic rings. The number of alkyl halides is 1.